The number of hydrogen-bond donors (Lipinski definition) is 1. The Hall–Kier alpha value is -3.36. The number of tetrazole rings is 1. The number of nitrogens with one attached hydrogen (secondary N) is 1. The van der Waals surface area contributed by atoms with Gasteiger partial charge in [0.25, 0.3) is 5.91 Å². The molecule has 0 spiro atoms. The van der Waals surface area contributed by atoms with Crippen molar-refractivity contribution in [2.45, 2.75) is 37.8 Å². The third-order valence-electron chi connectivity index (χ3n) is 5.01. The first kappa shape index (κ1) is 19.0. The van der Waals surface area contributed by atoms with Gasteiger partial charge in [0.1, 0.15) is 11.9 Å². The molecule has 0 aliphatic heterocycles. The Morgan fingerprint density at radius 1 is 1.21 bits per heavy atom. The van der Waals surface area contributed by atoms with Gasteiger partial charge in [-0.25, -0.2) is 4.39 Å². The van der Waals surface area contributed by atoms with Crippen molar-refractivity contribution in [2.75, 3.05) is 0 Å². The maximum absolute atomic E-state index is 13.4. The van der Waals surface area contributed by atoms with Gasteiger partial charge in [0.2, 0.25) is 0 Å². The zero-order valence-corrected chi connectivity index (χ0v) is 16.0. The van der Waals surface area contributed by atoms with Crippen LogP contribution in [0.4, 0.5) is 4.39 Å². The van der Waals surface area contributed by atoms with Crippen LogP contribution >= 0.6 is 0 Å². The number of aromatic nitrogens is 5. The summed E-state index contributed by atoms with van der Waals surface area (Å²) < 4.78 is 20.7. The highest BCUT2D eigenvalue weighted by molar-refractivity contribution is 5.94. The van der Waals surface area contributed by atoms with E-state index in [9.17, 15) is 9.18 Å². The molecule has 0 unspecified atom stereocenters. The van der Waals surface area contributed by atoms with E-state index in [4.69, 9.17) is 4.74 Å². The third-order valence-corrected chi connectivity index (χ3v) is 5.01. The van der Waals surface area contributed by atoms with E-state index < -0.39 is 0 Å². The van der Waals surface area contributed by atoms with Crippen LogP contribution < -0.4 is 10.1 Å². The van der Waals surface area contributed by atoms with Crippen LogP contribution in [-0.2, 0) is 7.05 Å². The van der Waals surface area contributed by atoms with Crippen LogP contribution in [0, 0.1) is 5.82 Å². The first-order valence-electron chi connectivity index (χ1n) is 9.50. The van der Waals surface area contributed by atoms with Gasteiger partial charge in [0.15, 0.2) is 0 Å². The molecule has 2 aromatic heterocycles. The molecule has 3 aromatic rings. The van der Waals surface area contributed by atoms with Crippen LogP contribution in [0.15, 0.2) is 42.6 Å². The molecule has 0 atom stereocenters. The van der Waals surface area contributed by atoms with Gasteiger partial charge in [-0.05, 0) is 60.4 Å². The topological polar surface area (TPSA) is 94.8 Å². The van der Waals surface area contributed by atoms with Crippen LogP contribution in [0.5, 0.6) is 6.01 Å². The van der Waals surface area contributed by atoms with Crippen LogP contribution in [-0.4, -0.2) is 43.2 Å². The van der Waals surface area contributed by atoms with Crippen molar-refractivity contribution in [3.63, 3.8) is 0 Å². The molecular formula is C20H21FN6O2. The molecule has 1 saturated carbocycles. The average molecular weight is 396 g/mol. The van der Waals surface area contributed by atoms with Gasteiger partial charge in [-0.1, -0.05) is 17.2 Å². The van der Waals surface area contributed by atoms with Gasteiger partial charge in [-0.2, -0.15) is 4.68 Å². The zero-order chi connectivity index (χ0) is 20.2. The predicted octanol–water partition coefficient (Wildman–Crippen LogP) is 2.53. The summed E-state index contributed by atoms with van der Waals surface area (Å²) >= 11 is 0. The second-order valence-electron chi connectivity index (χ2n) is 7.09. The quantitative estimate of drug-likeness (QED) is 0.712. The smallest absolute Gasteiger partial charge is 0.335 e. The molecule has 150 valence electrons. The van der Waals surface area contributed by atoms with Gasteiger partial charge in [0, 0.05) is 24.8 Å². The molecule has 8 nitrogen and oxygen atoms in total. The van der Waals surface area contributed by atoms with Gasteiger partial charge >= 0.3 is 6.01 Å². The lowest BCUT2D eigenvalue weighted by molar-refractivity contribution is 0.0880. The monoisotopic (exact) mass is 396 g/mol. The van der Waals surface area contributed by atoms with Crippen LogP contribution in [0.25, 0.3) is 11.3 Å². The molecule has 1 amide bonds. The van der Waals surface area contributed by atoms with Crippen LogP contribution in [0.1, 0.15) is 36.0 Å². The minimum absolute atomic E-state index is 0.0417. The number of benzene rings is 1. The molecule has 1 aliphatic carbocycles. The zero-order valence-electron chi connectivity index (χ0n) is 16.0. The van der Waals surface area contributed by atoms with Gasteiger partial charge in [0.05, 0.1) is 11.3 Å². The number of carbonyl (C=O) groups excluding carboxylic acids is 1. The summed E-state index contributed by atoms with van der Waals surface area (Å²) in [5, 5.41) is 14.2. The van der Waals surface area contributed by atoms with Crippen molar-refractivity contribution in [3.05, 3.63) is 54.0 Å². The molecule has 1 N–H and O–H groups in total. The Labute approximate surface area is 167 Å². The summed E-state index contributed by atoms with van der Waals surface area (Å²) in [4.78, 5) is 16.8. The number of pyridine rings is 1. The number of halogens is 1. The fourth-order valence-electron chi connectivity index (χ4n) is 3.41. The van der Waals surface area contributed by atoms with E-state index in [2.05, 4.69) is 25.8 Å². The van der Waals surface area contributed by atoms with Crippen molar-refractivity contribution in [3.8, 4) is 17.3 Å². The number of ether oxygens (including phenoxy) is 1. The number of rotatable bonds is 5. The summed E-state index contributed by atoms with van der Waals surface area (Å²) in [5.74, 6) is -0.480. The lowest BCUT2D eigenvalue weighted by Crippen LogP contribution is -2.39. The maximum atomic E-state index is 13.4. The summed E-state index contributed by atoms with van der Waals surface area (Å²) in [6.45, 7) is 0. The first-order valence-corrected chi connectivity index (χ1v) is 9.50. The second-order valence-corrected chi connectivity index (χ2v) is 7.09. The van der Waals surface area contributed by atoms with E-state index in [1.54, 1.807) is 31.3 Å². The molecule has 1 fully saturated rings. The molecule has 1 aliphatic rings. The van der Waals surface area contributed by atoms with E-state index >= 15 is 0 Å². The van der Waals surface area contributed by atoms with Crippen molar-refractivity contribution in [1.29, 1.82) is 0 Å². The Bertz CT molecular complexity index is 983. The number of hydrogen-bond acceptors (Lipinski definition) is 6. The number of nitrogens with zero attached hydrogens (tertiary/aromatic N) is 5. The van der Waals surface area contributed by atoms with Crippen molar-refractivity contribution in [2.24, 2.45) is 7.05 Å². The molecule has 29 heavy (non-hydrogen) atoms. The lowest BCUT2D eigenvalue weighted by atomic mass is 9.93. The third kappa shape index (κ3) is 4.56. The van der Waals surface area contributed by atoms with Crippen molar-refractivity contribution >= 4 is 5.91 Å². The van der Waals surface area contributed by atoms with Gasteiger partial charge in [-0.15, -0.1) is 0 Å². The van der Waals surface area contributed by atoms with E-state index in [0.29, 0.717) is 22.8 Å². The first-order chi connectivity index (χ1) is 14.1. The van der Waals surface area contributed by atoms with Crippen molar-refractivity contribution < 1.29 is 13.9 Å². The average Bonchev–Trinajstić information content (AvgIpc) is 3.14. The normalized spacial score (nSPS) is 19.0. The fourth-order valence-corrected chi connectivity index (χ4v) is 3.41. The van der Waals surface area contributed by atoms with E-state index in [1.807, 2.05) is 0 Å². The predicted molar refractivity (Wildman–Crippen MR) is 103 cm³/mol. The summed E-state index contributed by atoms with van der Waals surface area (Å²) in [6, 6.07) is 10.1. The minimum Gasteiger partial charge on any atom is -0.459 e. The summed E-state index contributed by atoms with van der Waals surface area (Å²) in [5.41, 5.74) is 1.78. The number of carbonyl (C=O) groups is 1. The molecule has 2 heterocycles. The Morgan fingerprint density at radius 3 is 2.69 bits per heavy atom. The molecule has 1 aromatic carbocycles. The highest BCUT2D eigenvalue weighted by Gasteiger charge is 2.25. The fraction of sp³-hybridized carbons (Fsp3) is 0.350. The molecule has 0 saturated heterocycles. The molecule has 4 rings (SSSR count). The standard InChI is InChI=1S/C20H21FN6O2/c1-27-20(24-25-26-27)29-17-8-6-16(7-9-17)23-19(28)14-5-10-18(22-12-14)13-3-2-4-15(21)11-13/h2-5,10-12,16-17H,6-9H2,1H3,(H,23,28). The van der Waals surface area contributed by atoms with Crippen molar-refractivity contribution in [1.82, 2.24) is 30.5 Å². The summed E-state index contributed by atoms with van der Waals surface area (Å²) in [6.07, 6.45) is 4.82. The van der Waals surface area contributed by atoms with E-state index in [0.717, 1.165) is 25.7 Å². The number of aryl methyl sites for hydroxylation is 1. The lowest BCUT2D eigenvalue weighted by Gasteiger charge is -2.28. The largest absolute Gasteiger partial charge is 0.459 e. The highest BCUT2D eigenvalue weighted by Crippen LogP contribution is 2.23. The Balaban J connectivity index is 1.30. The maximum Gasteiger partial charge on any atom is 0.335 e. The van der Waals surface area contributed by atoms with E-state index in [-0.39, 0.29) is 23.9 Å². The van der Waals surface area contributed by atoms with Gasteiger partial charge < -0.3 is 10.1 Å². The Morgan fingerprint density at radius 2 is 2.03 bits per heavy atom. The molecule has 0 radical (unpaired) electrons. The molecular weight excluding hydrogens is 375 g/mol. The Kier molecular flexibility index (Phi) is 5.46. The summed E-state index contributed by atoms with van der Waals surface area (Å²) in [7, 11) is 1.73. The molecule has 0 bridgehead atoms. The van der Waals surface area contributed by atoms with Crippen LogP contribution in [0.3, 0.4) is 0 Å². The van der Waals surface area contributed by atoms with Gasteiger partial charge in [-0.3, -0.25) is 9.78 Å². The minimum atomic E-state index is -0.318. The highest BCUT2D eigenvalue weighted by atomic mass is 19.1. The second kappa shape index (κ2) is 8.34. The SMILES string of the molecule is Cn1nnnc1OC1CCC(NC(=O)c2ccc(-c3cccc(F)c3)nc2)CC1. The van der Waals surface area contributed by atoms with Crippen LogP contribution in [0.2, 0.25) is 0 Å². The molecule has 9 heteroatoms. The van der Waals surface area contributed by atoms with E-state index in [1.165, 1.54) is 23.0 Å². The number of amides is 1.